The first-order chi connectivity index (χ1) is 11.7. The molecule has 0 fully saturated rings. The Balaban J connectivity index is 2.04. The van der Waals surface area contributed by atoms with Gasteiger partial charge in [0.25, 0.3) is 0 Å². The van der Waals surface area contributed by atoms with Crippen molar-refractivity contribution in [2.24, 2.45) is 0 Å². The van der Waals surface area contributed by atoms with Crippen LogP contribution in [0.1, 0.15) is 17.3 Å². The van der Waals surface area contributed by atoms with E-state index < -0.39 is 0 Å². The normalized spacial score (nSPS) is 11.2. The monoisotopic (exact) mass is 319 g/mol. The SMILES string of the molecule is CCOC(=O)c1ccc2c(ccc3c(=O)c4ncccc4oc32)c1. The van der Waals surface area contributed by atoms with E-state index in [-0.39, 0.29) is 11.4 Å². The second-order valence-corrected chi connectivity index (χ2v) is 5.38. The van der Waals surface area contributed by atoms with Gasteiger partial charge in [0.2, 0.25) is 5.43 Å². The highest BCUT2D eigenvalue weighted by atomic mass is 16.5. The van der Waals surface area contributed by atoms with Gasteiger partial charge in [0.05, 0.1) is 17.6 Å². The van der Waals surface area contributed by atoms with Crippen LogP contribution in [0.2, 0.25) is 0 Å². The van der Waals surface area contributed by atoms with Crippen molar-refractivity contribution in [1.29, 1.82) is 0 Å². The molecule has 4 aromatic rings. The zero-order valence-electron chi connectivity index (χ0n) is 12.9. The maximum absolute atomic E-state index is 12.6. The van der Waals surface area contributed by atoms with Crippen LogP contribution in [0.15, 0.2) is 57.9 Å². The summed E-state index contributed by atoms with van der Waals surface area (Å²) in [6.45, 7) is 2.09. The summed E-state index contributed by atoms with van der Waals surface area (Å²) >= 11 is 0. The molecule has 5 nitrogen and oxygen atoms in total. The molecule has 2 aromatic heterocycles. The third kappa shape index (κ3) is 2.13. The fourth-order valence-electron chi connectivity index (χ4n) is 2.81. The number of pyridine rings is 1. The maximum Gasteiger partial charge on any atom is 0.338 e. The molecule has 0 bridgehead atoms. The Hall–Kier alpha value is -3.21. The number of carbonyl (C=O) groups is 1. The topological polar surface area (TPSA) is 69.4 Å². The number of aromatic nitrogens is 1. The summed E-state index contributed by atoms with van der Waals surface area (Å²) in [5, 5.41) is 2.04. The van der Waals surface area contributed by atoms with Crippen LogP contribution in [0.4, 0.5) is 0 Å². The van der Waals surface area contributed by atoms with Gasteiger partial charge in [-0.1, -0.05) is 6.07 Å². The molecule has 0 aliphatic carbocycles. The molecule has 0 radical (unpaired) electrons. The van der Waals surface area contributed by atoms with Gasteiger partial charge in [0, 0.05) is 11.6 Å². The molecule has 0 aliphatic rings. The average molecular weight is 319 g/mol. The lowest BCUT2D eigenvalue weighted by atomic mass is 10.0. The first kappa shape index (κ1) is 14.4. The minimum atomic E-state index is -0.372. The largest absolute Gasteiger partial charge is 0.462 e. The summed E-state index contributed by atoms with van der Waals surface area (Å²) in [5.74, 6) is -0.372. The van der Waals surface area contributed by atoms with Crippen molar-refractivity contribution < 1.29 is 13.9 Å². The van der Waals surface area contributed by atoms with E-state index in [9.17, 15) is 9.59 Å². The van der Waals surface area contributed by atoms with Crippen LogP contribution in [0, 0.1) is 0 Å². The molecule has 2 heterocycles. The Morgan fingerprint density at radius 3 is 2.83 bits per heavy atom. The summed E-state index contributed by atoms with van der Waals surface area (Å²) < 4.78 is 10.9. The number of esters is 1. The van der Waals surface area contributed by atoms with Crippen molar-refractivity contribution >= 4 is 38.8 Å². The highest BCUT2D eigenvalue weighted by Crippen LogP contribution is 2.27. The highest BCUT2D eigenvalue weighted by Gasteiger charge is 2.13. The Labute approximate surface area is 136 Å². The van der Waals surface area contributed by atoms with Gasteiger partial charge in [-0.05, 0) is 48.7 Å². The first-order valence-corrected chi connectivity index (χ1v) is 7.60. The molecular formula is C19H13NO4. The van der Waals surface area contributed by atoms with Crippen LogP contribution in [0.25, 0.3) is 32.8 Å². The molecule has 0 N–H and O–H groups in total. The fourth-order valence-corrected chi connectivity index (χ4v) is 2.81. The zero-order valence-corrected chi connectivity index (χ0v) is 12.9. The van der Waals surface area contributed by atoms with Crippen molar-refractivity contribution in [3.8, 4) is 0 Å². The van der Waals surface area contributed by atoms with Gasteiger partial charge in [0.1, 0.15) is 5.58 Å². The summed E-state index contributed by atoms with van der Waals surface area (Å²) in [7, 11) is 0. The van der Waals surface area contributed by atoms with Crippen molar-refractivity contribution in [2.45, 2.75) is 6.92 Å². The van der Waals surface area contributed by atoms with Crippen LogP contribution < -0.4 is 5.43 Å². The zero-order chi connectivity index (χ0) is 16.7. The highest BCUT2D eigenvalue weighted by molar-refractivity contribution is 6.07. The van der Waals surface area contributed by atoms with E-state index in [0.717, 1.165) is 10.8 Å². The quantitative estimate of drug-likeness (QED) is 0.320. The van der Waals surface area contributed by atoms with Crippen molar-refractivity contribution in [2.75, 3.05) is 6.61 Å². The molecule has 0 aliphatic heterocycles. The molecule has 4 rings (SSSR count). The minimum Gasteiger partial charge on any atom is -0.462 e. The molecule has 0 spiro atoms. The number of rotatable bonds is 2. The smallest absolute Gasteiger partial charge is 0.338 e. The van der Waals surface area contributed by atoms with Gasteiger partial charge in [-0.15, -0.1) is 0 Å². The molecule has 0 unspecified atom stereocenters. The molecule has 5 heteroatoms. The van der Waals surface area contributed by atoms with Crippen LogP contribution in [0.5, 0.6) is 0 Å². The van der Waals surface area contributed by atoms with Gasteiger partial charge < -0.3 is 9.15 Å². The number of hydrogen-bond acceptors (Lipinski definition) is 5. The number of ether oxygens (including phenoxy) is 1. The van der Waals surface area contributed by atoms with Crippen LogP contribution in [-0.4, -0.2) is 17.6 Å². The number of nitrogens with zero attached hydrogens (tertiary/aromatic N) is 1. The van der Waals surface area contributed by atoms with E-state index in [1.807, 2.05) is 0 Å². The average Bonchev–Trinajstić information content (AvgIpc) is 2.61. The van der Waals surface area contributed by atoms with Crippen molar-refractivity contribution in [1.82, 2.24) is 4.98 Å². The molecule has 24 heavy (non-hydrogen) atoms. The maximum atomic E-state index is 12.6. The Kier molecular flexibility index (Phi) is 3.27. The van der Waals surface area contributed by atoms with E-state index in [0.29, 0.717) is 34.2 Å². The molecule has 0 amide bonds. The molecule has 118 valence electrons. The van der Waals surface area contributed by atoms with Crippen LogP contribution in [-0.2, 0) is 4.74 Å². The van der Waals surface area contributed by atoms with E-state index in [1.165, 1.54) is 0 Å². The molecule has 0 atom stereocenters. The Morgan fingerprint density at radius 1 is 1.17 bits per heavy atom. The molecular weight excluding hydrogens is 306 g/mol. The van der Waals surface area contributed by atoms with Gasteiger partial charge >= 0.3 is 5.97 Å². The predicted octanol–water partition coefficient (Wildman–Crippen LogP) is 3.67. The van der Waals surface area contributed by atoms with Gasteiger partial charge in [-0.25, -0.2) is 9.78 Å². The molecule has 0 saturated carbocycles. The van der Waals surface area contributed by atoms with Crippen LogP contribution >= 0.6 is 0 Å². The van der Waals surface area contributed by atoms with E-state index in [4.69, 9.17) is 9.15 Å². The third-order valence-corrected chi connectivity index (χ3v) is 3.92. The second kappa shape index (κ2) is 5.45. The molecule has 0 saturated heterocycles. The predicted molar refractivity (Wildman–Crippen MR) is 91.2 cm³/mol. The summed E-state index contributed by atoms with van der Waals surface area (Å²) in [6.07, 6.45) is 1.57. The third-order valence-electron chi connectivity index (χ3n) is 3.92. The van der Waals surface area contributed by atoms with E-state index in [2.05, 4.69) is 4.98 Å². The standard InChI is InChI=1S/C19H13NO4/c1-2-23-19(22)12-6-7-13-11(10-12)5-8-14-17(21)16-15(24-18(13)14)4-3-9-20-16/h3-10H,2H2,1H3. The lowest BCUT2D eigenvalue weighted by Gasteiger charge is -2.06. The summed E-state index contributed by atoms with van der Waals surface area (Å²) in [5.41, 5.74) is 1.55. The number of carbonyl (C=O) groups excluding carboxylic acids is 1. The molecule has 2 aromatic carbocycles. The Bertz CT molecular complexity index is 1160. The van der Waals surface area contributed by atoms with Gasteiger partial charge in [-0.3, -0.25) is 4.79 Å². The Morgan fingerprint density at radius 2 is 2.00 bits per heavy atom. The second-order valence-electron chi connectivity index (χ2n) is 5.38. The van der Waals surface area contributed by atoms with Gasteiger partial charge in [0.15, 0.2) is 11.1 Å². The minimum absolute atomic E-state index is 0.164. The van der Waals surface area contributed by atoms with E-state index >= 15 is 0 Å². The van der Waals surface area contributed by atoms with Crippen molar-refractivity contribution in [3.05, 3.63) is 64.4 Å². The van der Waals surface area contributed by atoms with Gasteiger partial charge in [-0.2, -0.15) is 0 Å². The fraction of sp³-hybridized carbons (Fsp3) is 0.105. The summed E-state index contributed by atoms with van der Waals surface area (Å²) in [6, 6.07) is 12.1. The first-order valence-electron chi connectivity index (χ1n) is 7.60. The number of benzene rings is 2. The lowest BCUT2D eigenvalue weighted by Crippen LogP contribution is -2.05. The van der Waals surface area contributed by atoms with Crippen LogP contribution in [0.3, 0.4) is 0 Å². The number of fused-ring (bicyclic) bond motifs is 4. The summed E-state index contributed by atoms with van der Waals surface area (Å²) in [4.78, 5) is 28.6. The van der Waals surface area contributed by atoms with Crippen molar-refractivity contribution in [3.63, 3.8) is 0 Å². The number of hydrogen-bond donors (Lipinski definition) is 0. The van der Waals surface area contributed by atoms with E-state index in [1.54, 1.807) is 55.6 Å². The lowest BCUT2D eigenvalue weighted by molar-refractivity contribution is 0.0526.